The van der Waals surface area contributed by atoms with E-state index >= 15 is 0 Å². The second-order valence-electron chi connectivity index (χ2n) is 5.61. The first-order valence-corrected chi connectivity index (χ1v) is 8.61. The number of benzene rings is 1. The second-order valence-corrected chi connectivity index (χ2v) is 6.75. The number of carbonyl (C=O) groups is 1. The highest BCUT2D eigenvalue weighted by atomic mass is 32.1. The van der Waals surface area contributed by atoms with Crippen LogP contribution in [-0.4, -0.2) is 13.0 Å². The summed E-state index contributed by atoms with van der Waals surface area (Å²) >= 11 is 1.66. The topological polar surface area (TPSA) is 38.3 Å². The Balaban J connectivity index is 1.67. The van der Waals surface area contributed by atoms with E-state index in [2.05, 4.69) is 11.4 Å². The maximum absolute atomic E-state index is 12.4. The summed E-state index contributed by atoms with van der Waals surface area (Å²) < 4.78 is 5.31. The van der Waals surface area contributed by atoms with E-state index in [0.29, 0.717) is 6.54 Å². The van der Waals surface area contributed by atoms with Crippen molar-refractivity contribution in [1.29, 1.82) is 0 Å². The number of thiophene rings is 1. The number of aryl methyl sites for hydroxylation is 2. The molecule has 1 aliphatic rings. The first-order valence-electron chi connectivity index (χ1n) is 7.79. The standard InChI is InChI=1S/C18H21NO2S/c1-21-15-9-6-5-8-14(15)12-19-18(20)17-11-13-7-3-2-4-10-16(13)22-17/h5-6,8-9,11H,2-4,7,10,12H2,1H3,(H,19,20). The summed E-state index contributed by atoms with van der Waals surface area (Å²) in [4.78, 5) is 14.6. The summed E-state index contributed by atoms with van der Waals surface area (Å²) in [7, 11) is 1.65. The summed E-state index contributed by atoms with van der Waals surface area (Å²) in [6.07, 6.45) is 6.03. The minimum absolute atomic E-state index is 0.0176. The van der Waals surface area contributed by atoms with Gasteiger partial charge >= 0.3 is 0 Å². The highest BCUT2D eigenvalue weighted by Crippen LogP contribution is 2.29. The fourth-order valence-electron chi connectivity index (χ4n) is 2.89. The van der Waals surface area contributed by atoms with Gasteiger partial charge in [-0.05, 0) is 43.4 Å². The van der Waals surface area contributed by atoms with E-state index in [1.807, 2.05) is 24.3 Å². The number of methoxy groups -OCH3 is 1. The molecule has 0 saturated heterocycles. The molecule has 0 unspecified atom stereocenters. The van der Waals surface area contributed by atoms with Crippen LogP contribution in [0.5, 0.6) is 5.75 Å². The number of rotatable bonds is 4. The van der Waals surface area contributed by atoms with Gasteiger partial charge in [-0.2, -0.15) is 0 Å². The first kappa shape index (κ1) is 15.1. The van der Waals surface area contributed by atoms with Crippen molar-refractivity contribution < 1.29 is 9.53 Å². The molecule has 2 aromatic rings. The molecule has 0 atom stereocenters. The van der Waals surface area contributed by atoms with Gasteiger partial charge in [0.1, 0.15) is 5.75 Å². The van der Waals surface area contributed by atoms with E-state index in [0.717, 1.165) is 29.0 Å². The maximum Gasteiger partial charge on any atom is 0.261 e. The van der Waals surface area contributed by atoms with Crippen LogP contribution in [0.4, 0.5) is 0 Å². The summed E-state index contributed by atoms with van der Waals surface area (Å²) in [5.41, 5.74) is 2.38. The molecule has 1 aromatic heterocycles. The van der Waals surface area contributed by atoms with E-state index in [9.17, 15) is 4.79 Å². The minimum Gasteiger partial charge on any atom is -0.496 e. The van der Waals surface area contributed by atoms with Crippen molar-refractivity contribution >= 4 is 17.2 Å². The Morgan fingerprint density at radius 2 is 2.05 bits per heavy atom. The Bertz CT molecular complexity index is 639. The number of hydrogen-bond donors (Lipinski definition) is 1. The van der Waals surface area contributed by atoms with Gasteiger partial charge in [0, 0.05) is 17.0 Å². The smallest absolute Gasteiger partial charge is 0.261 e. The molecule has 1 amide bonds. The van der Waals surface area contributed by atoms with Gasteiger partial charge in [-0.25, -0.2) is 0 Å². The van der Waals surface area contributed by atoms with Crippen molar-refractivity contribution in [3.8, 4) is 5.75 Å². The van der Waals surface area contributed by atoms with Gasteiger partial charge < -0.3 is 10.1 Å². The van der Waals surface area contributed by atoms with Crippen molar-refractivity contribution in [2.75, 3.05) is 7.11 Å². The fourth-order valence-corrected chi connectivity index (χ4v) is 4.06. The van der Waals surface area contributed by atoms with E-state index in [1.54, 1.807) is 18.4 Å². The van der Waals surface area contributed by atoms with Gasteiger partial charge in [-0.3, -0.25) is 4.79 Å². The van der Waals surface area contributed by atoms with Gasteiger partial charge in [0.05, 0.1) is 12.0 Å². The van der Waals surface area contributed by atoms with E-state index < -0.39 is 0 Å². The minimum atomic E-state index is 0.0176. The quantitative estimate of drug-likeness (QED) is 0.867. The number of carbonyl (C=O) groups excluding carboxylic acids is 1. The van der Waals surface area contributed by atoms with Crippen LogP contribution in [0, 0.1) is 0 Å². The zero-order valence-corrected chi connectivity index (χ0v) is 13.7. The van der Waals surface area contributed by atoms with Gasteiger partial charge in [-0.1, -0.05) is 24.6 Å². The van der Waals surface area contributed by atoms with Crippen LogP contribution < -0.4 is 10.1 Å². The summed E-state index contributed by atoms with van der Waals surface area (Å²) in [5, 5.41) is 3.01. The Hall–Kier alpha value is -1.81. The number of para-hydroxylation sites is 1. The Morgan fingerprint density at radius 1 is 1.23 bits per heavy atom. The van der Waals surface area contributed by atoms with Crippen molar-refractivity contribution in [2.45, 2.75) is 38.6 Å². The molecular formula is C18H21NO2S. The van der Waals surface area contributed by atoms with Crippen molar-refractivity contribution in [2.24, 2.45) is 0 Å². The Labute approximate surface area is 135 Å². The molecule has 0 fully saturated rings. The first-order chi connectivity index (χ1) is 10.8. The largest absolute Gasteiger partial charge is 0.496 e. The summed E-state index contributed by atoms with van der Waals surface area (Å²) in [6.45, 7) is 0.491. The van der Waals surface area contributed by atoms with Crippen molar-refractivity contribution in [3.05, 3.63) is 51.2 Å². The Kier molecular flexibility index (Phi) is 4.78. The SMILES string of the molecule is COc1ccccc1CNC(=O)c1cc2c(s1)CCCCC2. The number of nitrogens with one attached hydrogen (secondary N) is 1. The molecular weight excluding hydrogens is 294 g/mol. The fraction of sp³-hybridized carbons (Fsp3) is 0.389. The van der Waals surface area contributed by atoms with E-state index in [-0.39, 0.29) is 5.91 Å². The third-order valence-electron chi connectivity index (χ3n) is 4.10. The molecule has 116 valence electrons. The molecule has 22 heavy (non-hydrogen) atoms. The van der Waals surface area contributed by atoms with Gasteiger partial charge in [0.25, 0.3) is 5.91 Å². The lowest BCUT2D eigenvalue weighted by atomic mass is 10.1. The van der Waals surface area contributed by atoms with Crippen LogP contribution in [0.15, 0.2) is 30.3 Å². The molecule has 1 aliphatic carbocycles. The van der Waals surface area contributed by atoms with E-state index in [1.165, 1.54) is 29.7 Å². The molecule has 0 saturated carbocycles. The molecule has 1 N–H and O–H groups in total. The molecule has 3 nitrogen and oxygen atoms in total. The molecule has 0 spiro atoms. The van der Waals surface area contributed by atoms with Crippen molar-refractivity contribution in [3.63, 3.8) is 0 Å². The maximum atomic E-state index is 12.4. The van der Waals surface area contributed by atoms with Crippen LogP contribution >= 0.6 is 11.3 Å². The molecule has 1 aromatic carbocycles. The molecule has 0 radical (unpaired) electrons. The van der Waals surface area contributed by atoms with Crippen molar-refractivity contribution in [1.82, 2.24) is 5.32 Å². The van der Waals surface area contributed by atoms with Gasteiger partial charge in [0.15, 0.2) is 0 Å². The predicted octanol–water partition coefficient (Wildman–Crippen LogP) is 3.96. The summed E-state index contributed by atoms with van der Waals surface area (Å²) in [6, 6.07) is 9.86. The van der Waals surface area contributed by atoms with Crippen LogP contribution in [0.2, 0.25) is 0 Å². The number of hydrogen-bond acceptors (Lipinski definition) is 3. The molecule has 3 rings (SSSR count). The highest BCUT2D eigenvalue weighted by molar-refractivity contribution is 7.14. The average molecular weight is 315 g/mol. The monoisotopic (exact) mass is 315 g/mol. The predicted molar refractivity (Wildman–Crippen MR) is 89.7 cm³/mol. The number of amides is 1. The third-order valence-corrected chi connectivity index (χ3v) is 5.34. The van der Waals surface area contributed by atoms with E-state index in [4.69, 9.17) is 4.74 Å². The lowest BCUT2D eigenvalue weighted by Crippen LogP contribution is -2.22. The third kappa shape index (κ3) is 3.33. The summed E-state index contributed by atoms with van der Waals surface area (Å²) in [5.74, 6) is 0.828. The zero-order chi connectivity index (χ0) is 15.4. The van der Waals surface area contributed by atoms with Crippen LogP contribution in [-0.2, 0) is 19.4 Å². The van der Waals surface area contributed by atoms with Gasteiger partial charge in [-0.15, -0.1) is 11.3 Å². The lowest BCUT2D eigenvalue weighted by molar-refractivity contribution is 0.0954. The van der Waals surface area contributed by atoms with Crippen LogP contribution in [0.25, 0.3) is 0 Å². The zero-order valence-electron chi connectivity index (χ0n) is 12.9. The molecule has 4 heteroatoms. The second kappa shape index (κ2) is 6.97. The van der Waals surface area contributed by atoms with Crippen LogP contribution in [0.3, 0.4) is 0 Å². The lowest BCUT2D eigenvalue weighted by Gasteiger charge is -2.08. The van der Waals surface area contributed by atoms with Gasteiger partial charge in [0.2, 0.25) is 0 Å². The Morgan fingerprint density at radius 3 is 2.91 bits per heavy atom. The van der Waals surface area contributed by atoms with Crippen LogP contribution in [0.1, 0.15) is 44.9 Å². The molecule has 0 aliphatic heterocycles. The molecule has 1 heterocycles. The number of ether oxygens (including phenoxy) is 1. The average Bonchev–Trinajstić information content (AvgIpc) is 2.84. The molecule has 0 bridgehead atoms. The number of fused-ring (bicyclic) bond motifs is 1. The normalized spacial score (nSPS) is 14.0. The highest BCUT2D eigenvalue weighted by Gasteiger charge is 2.16.